The van der Waals surface area contributed by atoms with Crippen LogP contribution >= 0.6 is 0 Å². The van der Waals surface area contributed by atoms with Gasteiger partial charge in [-0.3, -0.25) is 9.36 Å². The van der Waals surface area contributed by atoms with Gasteiger partial charge >= 0.3 is 0 Å². The van der Waals surface area contributed by atoms with E-state index in [0.717, 1.165) is 56.0 Å². The molecule has 2 heterocycles. The average Bonchev–Trinajstić information content (AvgIpc) is 2.88. The lowest BCUT2D eigenvalue weighted by Crippen LogP contribution is -2.57. The van der Waals surface area contributed by atoms with Gasteiger partial charge < -0.3 is 20.6 Å². The van der Waals surface area contributed by atoms with Crippen LogP contribution in [0.4, 0.5) is 5.69 Å². The van der Waals surface area contributed by atoms with Crippen LogP contribution in [-0.2, 0) is 0 Å². The van der Waals surface area contributed by atoms with Crippen molar-refractivity contribution >= 4 is 22.5 Å². The molecule has 2 aromatic rings. The molecule has 1 aromatic carbocycles. The highest BCUT2D eigenvalue weighted by Gasteiger charge is 2.56. The van der Waals surface area contributed by atoms with E-state index in [1.165, 1.54) is 6.42 Å². The maximum atomic E-state index is 13.3. The fraction of sp³-hybridized carbons (Fsp3) is 0.700. The maximum absolute atomic E-state index is 13.3. The Morgan fingerprint density at radius 2 is 2.08 bits per heavy atom. The zero-order chi connectivity index (χ0) is 27.2. The van der Waals surface area contributed by atoms with Crippen molar-refractivity contribution in [3.05, 3.63) is 34.9 Å². The summed E-state index contributed by atoms with van der Waals surface area (Å²) in [7, 11) is 0. The van der Waals surface area contributed by atoms with E-state index in [0.29, 0.717) is 40.2 Å². The van der Waals surface area contributed by atoms with E-state index in [-0.39, 0.29) is 18.2 Å². The number of hydrogen-bond donors (Lipinski definition) is 3. The molecule has 1 unspecified atom stereocenters. The number of fused-ring (bicyclic) bond motifs is 3. The Bertz CT molecular complexity index is 1240. The Kier molecular flexibility index (Phi) is 7.57. The molecule has 38 heavy (non-hydrogen) atoms. The molecule has 2 bridgehead atoms. The van der Waals surface area contributed by atoms with E-state index < -0.39 is 0 Å². The van der Waals surface area contributed by atoms with Crippen LogP contribution in [0.5, 0.6) is 0 Å². The van der Waals surface area contributed by atoms with Gasteiger partial charge in [0.2, 0.25) is 0 Å². The Labute approximate surface area is 226 Å². The largest absolute Gasteiger partial charge is 0.394 e. The van der Waals surface area contributed by atoms with Gasteiger partial charge in [0.15, 0.2) is 5.96 Å². The van der Waals surface area contributed by atoms with Crippen molar-refractivity contribution in [3.63, 3.8) is 0 Å². The number of rotatable bonds is 6. The Morgan fingerprint density at radius 3 is 2.74 bits per heavy atom. The van der Waals surface area contributed by atoms with Crippen molar-refractivity contribution in [2.24, 2.45) is 34.1 Å². The van der Waals surface area contributed by atoms with Gasteiger partial charge in [-0.15, -0.1) is 0 Å². The van der Waals surface area contributed by atoms with Gasteiger partial charge in [0.05, 0.1) is 35.9 Å². The van der Waals surface area contributed by atoms with Gasteiger partial charge in [0.25, 0.3) is 5.56 Å². The summed E-state index contributed by atoms with van der Waals surface area (Å²) >= 11 is 0. The van der Waals surface area contributed by atoms with E-state index in [1.54, 1.807) is 10.9 Å². The summed E-state index contributed by atoms with van der Waals surface area (Å²) in [6.45, 7) is 16.3. The molecule has 0 radical (unpaired) electrons. The first kappa shape index (κ1) is 27.1. The molecule has 4 fully saturated rings. The molecule has 208 valence electrons. The van der Waals surface area contributed by atoms with Crippen molar-refractivity contribution in [2.75, 3.05) is 31.6 Å². The topological polar surface area (TPSA) is 94.8 Å². The summed E-state index contributed by atoms with van der Waals surface area (Å²) in [6.07, 6.45) is 4.81. The van der Waals surface area contributed by atoms with Crippen molar-refractivity contribution in [1.29, 1.82) is 0 Å². The molecular formula is C30H46N6O2. The number of guanidine groups is 1. The quantitative estimate of drug-likeness (QED) is 0.391. The van der Waals surface area contributed by atoms with Crippen LogP contribution in [0, 0.1) is 29.1 Å². The highest BCUT2D eigenvalue weighted by Crippen LogP contribution is 2.61. The molecule has 1 aromatic heterocycles. The minimum Gasteiger partial charge on any atom is -0.394 e. The molecule has 6 rings (SSSR count). The lowest BCUT2D eigenvalue weighted by Gasteiger charge is -2.61. The van der Waals surface area contributed by atoms with Crippen molar-refractivity contribution < 1.29 is 5.11 Å². The number of piperazine rings is 1. The highest BCUT2D eigenvalue weighted by molar-refractivity contribution is 5.96. The Morgan fingerprint density at radius 1 is 1.29 bits per heavy atom. The van der Waals surface area contributed by atoms with Crippen molar-refractivity contribution in [1.82, 2.24) is 19.8 Å². The number of anilines is 1. The normalized spacial score (nSPS) is 29.8. The minimum absolute atomic E-state index is 0.0770. The minimum atomic E-state index is -0.265. The fourth-order valence-corrected chi connectivity index (χ4v) is 7.19. The molecule has 6 atom stereocenters. The van der Waals surface area contributed by atoms with E-state index in [2.05, 4.69) is 62.1 Å². The van der Waals surface area contributed by atoms with Gasteiger partial charge in [-0.05, 0) is 73.5 Å². The monoisotopic (exact) mass is 522 g/mol. The summed E-state index contributed by atoms with van der Waals surface area (Å²) in [5, 5.41) is 17.6. The Hall–Kier alpha value is -2.45. The number of aliphatic hydroxyl groups excluding tert-OH is 1. The van der Waals surface area contributed by atoms with Crippen LogP contribution in [-0.4, -0.2) is 63.8 Å². The summed E-state index contributed by atoms with van der Waals surface area (Å²) in [5.74, 6) is 3.36. The van der Waals surface area contributed by atoms with Crippen LogP contribution in [0.15, 0.2) is 34.3 Å². The molecule has 0 amide bonds. The highest BCUT2D eigenvalue weighted by atomic mass is 16.3. The van der Waals surface area contributed by atoms with E-state index >= 15 is 0 Å². The first-order chi connectivity index (χ1) is 18.1. The molecule has 0 spiro atoms. The van der Waals surface area contributed by atoms with E-state index in [9.17, 15) is 9.90 Å². The molecule has 1 aliphatic heterocycles. The second-order valence-corrected chi connectivity index (χ2v) is 13.1. The molecule has 8 nitrogen and oxygen atoms in total. The second-order valence-electron chi connectivity index (χ2n) is 13.1. The van der Waals surface area contributed by atoms with Crippen LogP contribution in [0.3, 0.4) is 0 Å². The second kappa shape index (κ2) is 10.6. The van der Waals surface area contributed by atoms with Crippen molar-refractivity contribution in [3.8, 4) is 0 Å². The number of benzene rings is 1. The number of aromatic nitrogens is 2. The first-order valence-corrected chi connectivity index (χ1v) is 14.5. The molecular weight excluding hydrogens is 476 g/mol. The molecule has 8 heteroatoms. The Balaban J connectivity index is 1.43. The molecule has 4 aliphatic rings. The number of aliphatic hydroxyl groups is 1. The van der Waals surface area contributed by atoms with Crippen LogP contribution in [0.25, 0.3) is 10.9 Å². The molecule has 3 N–H and O–H groups in total. The van der Waals surface area contributed by atoms with E-state index in [4.69, 9.17) is 4.99 Å². The lowest BCUT2D eigenvalue weighted by molar-refractivity contribution is -0.108. The molecule has 1 saturated heterocycles. The average molecular weight is 523 g/mol. The number of nitrogens with one attached hydrogen (secondary N) is 2. The van der Waals surface area contributed by atoms with Gasteiger partial charge in [-0.2, -0.15) is 0 Å². The van der Waals surface area contributed by atoms with Crippen LogP contribution < -0.4 is 16.2 Å². The predicted molar refractivity (Wildman–Crippen MR) is 155 cm³/mol. The SMILES string of the molecule is CC(C)C[C@@H](CO)n1cnc2cc(N/C(=N/C3C[C@H]4C[C@@H]([C@@H]3C)C4(C)C)N3CCN[C@@H](C)C3)ccc2c1=O. The van der Waals surface area contributed by atoms with Gasteiger partial charge in [0.1, 0.15) is 0 Å². The van der Waals surface area contributed by atoms with Gasteiger partial charge in [-0.1, -0.05) is 34.6 Å². The third-order valence-corrected chi connectivity index (χ3v) is 9.66. The van der Waals surface area contributed by atoms with E-state index in [1.807, 2.05) is 18.2 Å². The predicted octanol–water partition coefficient (Wildman–Crippen LogP) is 4.11. The third kappa shape index (κ3) is 5.09. The summed E-state index contributed by atoms with van der Waals surface area (Å²) < 4.78 is 1.59. The number of aliphatic imine (C=N–C) groups is 1. The van der Waals surface area contributed by atoms with Gasteiger partial charge in [-0.25, -0.2) is 9.98 Å². The zero-order valence-electron chi connectivity index (χ0n) is 23.9. The molecule has 3 aliphatic carbocycles. The van der Waals surface area contributed by atoms with Crippen LogP contribution in [0.2, 0.25) is 0 Å². The van der Waals surface area contributed by atoms with Crippen molar-refractivity contribution in [2.45, 2.75) is 78.9 Å². The number of nitrogens with zero attached hydrogens (tertiary/aromatic N) is 4. The smallest absolute Gasteiger partial charge is 0.261 e. The van der Waals surface area contributed by atoms with Gasteiger partial charge in [0, 0.05) is 31.4 Å². The lowest BCUT2D eigenvalue weighted by atomic mass is 9.45. The fourth-order valence-electron chi connectivity index (χ4n) is 7.19. The zero-order valence-corrected chi connectivity index (χ0v) is 23.9. The first-order valence-electron chi connectivity index (χ1n) is 14.5. The van der Waals surface area contributed by atoms with Crippen LogP contribution in [0.1, 0.15) is 66.8 Å². The summed E-state index contributed by atoms with van der Waals surface area (Å²) in [6, 6.07) is 6.21. The maximum Gasteiger partial charge on any atom is 0.261 e. The molecule has 3 saturated carbocycles. The number of hydrogen-bond acceptors (Lipinski definition) is 5. The summed E-state index contributed by atoms with van der Waals surface area (Å²) in [4.78, 5) is 25.6. The summed E-state index contributed by atoms with van der Waals surface area (Å²) in [5.41, 5.74) is 1.87. The third-order valence-electron chi connectivity index (χ3n) is 9.66. The standard InChI is InChI=1S/C30H46N6O2/c1-18(2)11-23(16-37)36-17-32-27-14-22(7-8-24(27)28(36)38)33-29(35-10-9-31-19(3)15-35)34-26-13-21-12-25(20(26)4)30(21,5)6/h7-8,14,17-21,23,25-26,31,37H,9-13,15-16H2,1-6H3,(H,33,34)/t19-,20-,21+,23-,25-,26?/m0/s1.